The van der Waals surface area contributed by atoms with Gasteiger partial charge < -0.3 is 14.8 Å². The zero-order valence-electron chi connectivity index (χ0n) is 14.1. The molecule has 0 fully saturated rings. The summed E-state index contributed by atoms with van der Waals surface area (Å²) in [6.07, 6.45) is 2.55. The molecule has 2 rings (SSSR count). The van der Waals surface area contributed by atoms with Crippen LogP contribution in [0.3, 0.4) is 0 Å². The number of hydrogen-bond donors (Lipinski definition) is 1. The molecule has 5 heteroatoms. The first-order chi connectivity index (χ1) is 12.2. The minimum absolute atomic E-state index is 0.104. The van der Waals surface area contributed by atoms with Crippen LogP contribution >= 0.6 is 0 Å². The summed E-state index contributed by atoms with van der Waals surface area (Å²) in [6.45, 7) is 3.98. The number of allylic oxidation sites excluding steroid dienone is 1. The van der Waals surface area contributed by atoms with Gasteiger partial charge in [-0.25, -0.2) is 0 Å². The molecule has 2 aromatic carbocycles. The van der Waals surface area contributed by atoms with E-state index in [1.807, 2.05) is 18.2 Å². The molecular formula is C20H20N2O3. The third-order valence-electron chi connectivity index (χ3n) is 3.54. The summed E-state index contributed by atoms with van der Waals surface area (Å²) < 4.78 is 10.8. The highest BCUT2D eigenvalue weighted by molar-refractivity contribution is 5.77. The Kier molecular flexibility index (Phi) is 6.61. The van der Waals surface area contributed by atoms with Crippen LogP contribution in [-0.4, -0.2) is 19.6 Å². The summed E-state index contributed by atoms with van der Waals surface area (Å²) >= 11 is 0. The molecule has 0 aliphatic rings. The van der Waals surface area contributed by atoms with Gasteiger partial charge in [0, 0.05) is 6.54 Å². The van der Waals surface area contributed by atoms with E-state index in [9.17, 15) is 4.79 Å². The van der Waals surface area contributed by atoms with Crippen molar-refractivity contribution in [2.24, 2.45) is 0 Å². The second kappa shape index (κ2) is 9.14. The maximum absolute atomic E-state index is 11.9. The molecule has 0 radical (unpaired) electrons. The van der Waals surface area contributed by atoms with Gasteiger partial charge in [0.15, 0.2) is 18.1 Å². The van der Waals surface area contributed by atoms with Crippen molar-refractivity contribution in [3.05, 3.63) is 71.8 Å². The average Bonchev–Trinajstić information content (AvgIpc) is 2.65. The highest BCUT2D eigenvalue weighted by atomic mass is 16.5. The number of nitrogens with zero attached hydrogens (tertiary/aromatic N) is 1. The number of hydrogen-bond acceptors (Lipinski definition) is 4. The molecule has 25 heavy (non-hydrogen) atoms. The van der Waals surface area contributed by atoms with Crippen LogP contribution in [0.25, 0.3) is 0 Å². The van der Waals surface area contributed by atoms with Gasteiger partial charge in [-0.05, 0) is 41.8 Å². The van der Waals surface area contributed by atoms with Crippen LogP contribution in [-0.2, 0) is 17.8 Å². The van der Waals surface area contributed by atoms with Gasteiger partial charge in [0.05, 0.1) is 18.7 Å². The smallest absolute Gasteiger partial charge is 0.258 e. The molecule has 0 aliphatic heterocycles. The molecule has 1 N–H and O–H groups in total. The molecule has 5 nitrogen and oxygen atoms in total. The van der Waals surface area contributed by atoms with Gasteiger partial charge in [-0.15, -0.1) is 6.58 Å². The lowest BCUT2D eigenvalue weighted by atomic mass is 10.1. The summed E-state index contributed by atoms with van der Waals surface area (Å²) in [4.78, 5) is 11.9. The van der Waals surface area contributed by atoms with E-state index in [0.717, 1.165) is 17.5 Å². The number of ether oxygens (including phenoxy) is 2. The van der Waals surface area contributed by atoms with Crippen molar-refractivity contribution in [1.82, 2.24) is 5.32 Å². The van der Waals surface area contributed by atoms with Crippen molar-refractivity contribution >= 4 is 5.91 Å². The van der Waals surface area contributed by atoms with Gasteiger partial charge >= 0.3 is 0 Å². The highest BCUT2D eigenvalue weighted by Gasteiger charge is 2.08. The lowest BCUT2D eigenvalue weighted by Gasteiger charge is -2.12. The SMILES string of the molecule is C=CCc1ccc(OCC(=O)NCc2ccc(C#N)cc2)c(OC)c1. The number of methoxy groups -OCH3 is 1. The summed E-state index contributed by atoms with van der Waals surface area (Å²) in [5.74, 6) is 0.865. The van der Waals surface area contributed by atoms with Crippen molar-refractivity contribution in [2.75, 3.05) is 13.7 Å². The maximum atomic E-state index is 11.9. The molecule has 1 amide bonds. The number of rotatable bonds is 8. The molecule has 0 saturated carbocycles. The van der Waals surface area contributed by atoms with Gasteiger partial charge in [0.1, 0.15) is 0 Å². The maximum Gasteiger partial charge on any atom is 0.258 e. The van der Waals surface area contributed by atoms with E-state index in [0.29, 0.717) is 23.6 Å². The van der Waals surface area contributed by atoms with E-state index in [4.69, 9.17) is 14.7 Å². The molecule has 0 atom stereocenters. The lowest BCUT2D eigenvalue weighted by molar-refractivity contribution is -0.123. The van der Waals surface area contributed by atoms with Crippen molar-refractivity contribution < 1.29 is 14.3 Å². The van der Waals surface area contributed by atoms with Crippen LogP contribution in [0, 0.1) is 11.3 Å². The van der Waals surface area contributed by atoms with Crippen LogP contribution in [0.15, 0.2) is 55.1 Å². The normalized spacial score (nSPS) is 9.76. The zero-order valence-corrected chi connectivity index (χ0v) is 14.1. The minimum atomic E-state index is -0.235. The molecule has 0 saturated heterocycles. The molecule has 0 unspecified atom stereocenters. The minimum Gasteiger partial charge on any atom is -0.493 e. The van der Waals surface area contributed by atoms with Crippen molar-refractivity contribution in [3.8, 4) is 17.6 Å². The largest absolute Gasteiger partial charge is 0.493 e. The number of amides is 1. The van der Waals surface area contributed by atoms with Crippen LogP contribution in [0.5, 0.6) is 11.5 Å². The fraction of sp³-hybridized carbons (Fsp3) is 0.200. The number of benzene rings is 2. The van der Waals surface area contributed by atoms with E-state index < -0.39 is 0 Å². The first kappa shape index (κ1) is 18.1. The molecular weight excluding hydrogens is 316 g/mol. The molecule has 0 spiro atoms. The van der Waals surface area contributed by atoms with Crippen LogP contribution < -0.4 is 14.8 Å². The van der Waals surface area contributed by atoms with Gasteiger partial charge in [0.2, 0.25) is 0 Å². The molecule has 0 heterocycles. The predicted molar refractivity (Wildman–Crippen MR) is 95.4 cm³/mol. The van der Waals surface area contributed by atoms with Gasteiger partial charge in [-0.1, -0.05) is 24.3 Å². The Bertz CT molecular complexity index is 777. The summed E-state index contributed by atoms with van der Waals surface area (Å²) in [5.41, 5.74) is 2.56. The van der Waals surface area contributed by atoms with Crippen molar-refractivity contribution in [1.29, 1.82) is 5.26 Å². The fourth-order valence-electron chi connectivity index (χ4n) is 2.22. The second-order valence-corrected chi connectivity index (χ2v) is 5.35. The third-order valence-corrected chi connectivity index (χ3v) is 3.54. The van der Waals surface area contributed by atoms with Crippen molar-refractivity contribution in [3.63, 3.8) is 0 Å². The monoisotopic (exact) mass is 336 g/mol. The van der Waals surface area contributed by atoms with Crippen molar-refractivity contribution in [2.45, 2.75) is 13.0 Å². The van der Waals surface area contributed by atoms with Gasteiger partial charge in [0.25, 0.3) is 5.91 Å². The summed E-state index contributed by atoms with van der Waals surface area (Å²) in [7, 11) is 1.56. The fourth-order valence-corrected chi connectivity index (χ4v) is 2.22. The Labute approximate surface area is 147 Å². The number of carbonyl (C=O) groups is 1. The number of carbonyl (C=O) groups excluding carboxylic acids is 1. The zero-order chi connectivity index (χ0) is 18.1. The van der Waals surface area contributed by atoms with E-state index in [2.05, 4.69) is 18.0 Å². The third kappa shape index (κ3) is 5.40. The number of nitriles is 1. The van der Waals surface area contributed by atoms with Crippen LogP contribution in [0.2, 0.25) is 0 Å². The molecule has 2 aromatic rings. The van der Waals surface area contributed by atoms with Crippen LogP contribution in [0.1, 0.15) is 16.7 Å². The topological polar surface area (TPSA) is 71.3 Å². The second-order valence-electron chi connectivity index (χ2n) is 5.35. The lowest BCUT2D eigenvalue weighted by Crippen LogP contribution is -2.28. The predicted octanol–water partition coefficient (Wildman–Crippen LogP) is 2.99. The highest BCUT2D eigenvalue weighted by Crippen LogP contribution is 2.28. The average molecular weight is 336 g/mol. The Balaban J connectivity index is 1.86. The van der Waals surface area contributed by atoms with E-state index in [1.54, 1.807) is 37.4 Å². The Morgan fingerprint density at radius 2 is 1.92 bits per heavy atom. The van der Waals surface area contributed by atoms with E-state index in [1.165, 1.54) is 0 Å². The Morgan fingerprint density at radius 3 is 2.56 bits per heavy atom. The summed E-state index contributed by atoms with van der Waals surface area (Å²) in [6, 6.07) is 14.7. The van der Waals surface area contributed by atoms with E-state index >= 15 is 0 Å². The molecule has 0 bridgehead atoms. The Morgan fingerprint density at radius 1 is 1.20 bits per heavy atom. The summed E-state index contributed by atoms with van der Waals surface area (Å²) in [5, 5.41) is 11.5. The first-order valence-corrected chi connectivity index (χ1v) is 7.82. The van der Waals surface area contributed by atoms with Gasteiger partial charge in [-0.2, -0.15) is 5.26 Å². The molecule has 0 aliphatic carbocycles. The van der Waals surface area contributed by atoms with Crippen LogP contribution in [0.4, 0.5) is 0 Å². The standard InChI is InChI=1S/C20H20N2O3/c1-3-4-15-9-10-18(19(11-15)24-2)25-14-20(23)22-13-17-7-5-16(12-21)6-8-17/h3,5-11H,1,4,13-14H2,2H3,(H,22,23). The molecule has 128 valence electrons. The number of nitrogens with one attached hydrogen (secondary N) is 1. The molecule has 0 aromatic heterocycles. The van der Waals surface area contributed by atoms with E-state index in [-0.39, 0.29) is 12.5 Å². The first-order valence-electron chi connectivity index (χ1n) is 7.82. The quantitative estimate of drug-likeness (QED) is 0.752. The van der Waals surface area contributed by atoms with Gasteiger partial charge in [-0.3, -0.25) is 4.79 Å². The Hall–Kier alpha value is -3.26.